The maximum atomic E-state index is 9.18. The van der Waals surface area contributed by atoms with Gasteiger partial charge < -0.3 is 15.5 Å². The molecule has 0 saturated carbocycles. The van der Waals surface area contributed by atoms with Crippen LogP contribution < -0.4 is 16.0 Å². The maximum Gasteiger partial charge on any atom is 0.104 e. The summed E-state index contributed by atoms with van der Waals surface area (Å²) in [7, 11) is 0. The average Bonchev–Trinajstić information content (AvgIpc) is 2.26. The molecular formula is C10H25N3O2. The number of hydrogen-bond acceptors (Lipinski definition) is 5. The van der Waals surface area contributed by atoms with Crippen LogP contribution in [0.5, 0.6) is 0 Å². The monoisotopic (exact) mass is 219 g/mol. The summed E-state index contributed by atoms with van der Waals surface area (Å²) in [4.78, 5) is 0. The Hall–Kier alpha value is -0.200. The minimum absolute atomic E-state index is 0.396. The number of rotatable bonds is 10. The van der Waals surface area contributed by atoms with Crippen molar-refractivity contribution in [3.8, 4) is 0 Å². The molecule has 5 nitrogen and oxygen atoms in total. The summed E-state index contributed by atoms with van der Waals surface area (Å²) in [5, 5.41) is 27.5. The first kappa shape index (κ1) is 14.8. The molecule has 2 unspecified atom stereocenters. The first-order valence-electron chi connectivity index (χ1n) is 5.74. The van der Waals surface area contributed by atoms with E-state index in [4.69, 9.17) is 0 Å². The molecule has 0 amide bonds. The highest BCUT2D eigenvalue weighted by Crippen LogP contribution is 1.82. The highest BCUT2D eigenvalue weighted by Gasteiger charge is 1.98. The lowest BCUT2D eigenvalue weighted by molar-refractivity contribution is 0.131. The van der Waals surface area contributed by atoms with E-state index in [0.717, 1.165) is 39.0 Å². The van der Waals surface area contributed by atoms with E-state index >= 15 is 0 Å². The zero-order chi connectivity index (χ0) is 11.5. The Bertz CT molecular complexity index is 122. The summed E-state index contributed by atoms with van der Waals surface area (Å²) in [5.74, 6) is 0. The van der Waals surface area contributed by atoms with E-state index < -0.39 is 12.5 Å². The minimum Gasteiger partial charge on any atom is -0.379 e. The van der Waals surface area contributed by atoms with Gasteiger partial charge in [0.25, 0.3) is 0 Å². The second kappa shape index (κ2) is 10.3. The van der Waals surface area contributed by atoms with Crippen LogP contribution >= 0.6 is 0 Å². The highest BCUT2D eigenvalue weighted by atomic mass is 16.3. The van der Waals surface area contributed by atoms with Gasteiger partial charge in [-0.1, -0.05) is 13.8 Å². The Morgan fingerprint density at radius 3 is 1.53 bits per heavy atom. The molecule has 0 aliphatic carbocycles. The molecule has 92 valence electrons. The van der Waals surface area contributed by atoms with Crippen molar-refractivity contribution in [2.24, 2.45) is 0 Å². The molecule has 0 aromatic heterocycles. The summed E-state index contributed by atoms with van der Waals surface area (Å²) >= 11 is 0. The van der Waals surface area contributed by atoms with Crippen molar-refractivity contribution in [2.45, 2.75) is 39.1 Å². The van der Waals surface area contributed by atoms with E-state index in [-0.39, 0.29) is 0 Å². The van der Waals surface area contributed by atoms with Crippen molar-refractivity contribution in [3.05, 3.63) is 0 Å². The predicted octanol–water partition coefficient (Wildman–Crippen LogP) is -0.788. The summed E-state index contributed by atoms with van der Waals surface area (Å²) in [5.41, 5.74) is 0. The molecule has 0 bridgehead atoms. The molecule has 0 fully saturated rings. The van der Waals surface area contributed by atoms with Crippen molar-refractivity contribution < 1.29 is 10.2 Å². The van der Waals surface area contributed by atoms with Crippen LogP contribution in [0.2, 0.25) is 0 Å². The SMILES string of the molecule is CCC(O)NCCNCCNC(O)CC. The van der Waals surface area contributed by atoms with Crippen LogP contribution in [0.4, 0.5) is 0 Å². The summed E-state index contributed by atoms with van der Waals surface area (Å²) in [6, 6.07) is 0. The smallest absolute Gasteiger partial charge is 0.104 e. The largest absolute Gasteiger partial charge is 0.379 e. The summed E-state index contributed by atoms with van der Waals surface area (Å²) < 4.78 is 0. The second-order valence-corrected chi connectivity index (χ2v) is 3.51. The molecule has 0 radical (unpaired) electrons. The standard InChI is InChI=1S/C10H25N3O2/c1-3-9(14)12-7-5-11-6-8-13-10(15)4-2/h9-15H,3-8H2,1-2H3. The van der Waals surface area contributed by atoms with E-state index in [9.17, 15) is 10.2 Å². The van der Waals surface area contributed by atoms with E-state index in [1.807, 2.05) is 13.8 Å². The fourth-order valence-electron chi connectivity index (χ4n) is 1.07. The van der Waals surface area contributed by atoms with Gasteiger partial charge in [0.15, 0.2) is 0 Å². The van der Waals surface area contributed by atoms with Crippen LogP contribution in [-0.2, 0) is 0 Å². The van der Waals surface area contributed by atoms with Gasteiger partial charge in [-0.15, -0.1) is 0 Å². The van der Waals surface area contributed by atoms with Crippen LogP contribution in [0.3, 0.4) is 0 Å². The molecule has 15 heavy (non-hydrogen) atoms. The van der Waals surface area contributed by atoms with E-state index in [1.165, 1.54) is 0 Å². The van der Waals surface area contributed by atoms with Gasteiger partial charge in [0.05, 0.1) is 0 Å². The molecule has 0 aliphatic rings. The molecule has 0 aromatic carbocycles. The van der Waals surface area contributed by atoms with Crippen LogP contribution in [-0.4, -0.2) is 48.8 Å². The Labute approximate surface area is 92.3 Å². The zero-order valence-electron chi connectivity index (χ0n) is 9.79. The topological polar surface area (TPSA) is 76.5 Å². The van der Waals surface area contributed by atoms with Gasteiger partial charge in [0.1, 0.15) is 12.5 Å². The molecule has 5 heteroatoms. The highest BCUT2D eigenvalue weighted by molar-refractivity contribution is 4.57. The Morgan fingerprint density at radius 2 is 1.20 bits per heavy atom. The average molecular weight is 219 g/mol. The normalized spacial score (nSPS) is 15.2. The molecule has 0 heterocycles. The number of aliphatic hydroxyl groups excluding tert-OH is 2. The molecule has 0 spiro atoms. The maximum absolute atomic E-state index is 9.18. The van der Waals surface area contributed by atoms with Gasteiger partial charge in [-0.2, -0.15) is 0 Å². The minimum atomic E-state index is -0.396. The number of hydrogen-bond donors (Lipinski definition) is 5. The molecule has 0 saturated heterocycles. The van der Waals surface area contributed by atoms with Crippen LogP contribution in [0.25, 0.3) is 0 Å². The van der Waals surface area contributed by atoms with Crippen molar-refractivity contribution in [3.63, 3.8) is 0 Å². The lowest BCUT2D eigenvalue weighted by Crippen LogP contribution is -2.38. The third-order valence-corrected chi connectivity index (χ3v) is 2.14. The molecule has 0 aliphatic heterocycles. The fraction of sp³-hybridized carbons (Fsp3) is 1.00. The first-order chi connectivity index (χ1) is 7.20. The first-order valence-corrected chi connectivity index (χ1v) is 5.74. The quantitative estimate of drug-likeness (QED) is 0.246. The zero-order valence-corrected chi connectivity index (χ0v) is 9.79. The van der Waals surface area contributed by atoms with Gasteiger partial charge in [0.2, 0.25) is 0 Å². The Balaban J connectivity index is 3.05. The van der Waals surface area contributed by atoms with Gasteiger partial charge in [-0.05, 0) is 12.8 Å². The lowest BCUT2D eigenvalue weighted by Gasteiger charge is -2.12. The van der Waals surface area contributed by atoms with Gasteiger partial charge >= 0.3 is 0 Å². The van der Waals surface area contributed by atoms with Crippen molar-refractivity contribution >= 4 is 0 Å². The molecular weight excluding hydrogens is 194 g/mol. The molecule has 0 rings (SSSR count). The van der Waals surface area contributed by atoms with E-state index in [2.05, 4.69) is 16.0 Å². The summed E-state index contributed by atoms with van der Waals surface area (Å²) in [6.45, 7) is 7.01. The number of aliphatic hydroxyl groups is 2. The second-order valence-electron chi connectivity index (χ2n) is 3.51. The van der Waals surface area contributed by atoms with Crippen molar-refractivity contribution in [2.75, 3.05) is 26.2 Å². The molecule has 0 aromatic rings. The molecule has 2 atom stereocenters. The van der Waals surface area contributed by atoms with Crippen LogP contribution in [0, 0.1) is 0 Å². The lowest BCUT2D eigenvalue weighted by atomic mass is 10.4. The summed E-state index contributed by atoms with van der Waals surface area (Å²) in [6.07, 6.45) is 0.660. The Kier molecular flexibility index (Phi) is 10.2. The van der Waals surface area contributed by atoms with Crippen molar-refractivity contribution in [1.29, 1.82) is 0 Å². The third kappa shape index (κ3) is 10.1. The van der Waals surface area contributed by atoms with Crippen molar-refractivity contribution in [1.82, 2.24) is 16.0 Å². The Morgan fingerprint density at radius 1 is 0.800 bits per heavy atom. The van der Waals surface area contributed by atoms with E-state index in [0.29, 0.717) is 0 Å². The van der Waals surface area contributed by atoms with Crippen LogP contribution in [0.1, 0.15) is 26.7 Å². The number of nitrogens with one attached hydrogen (secondary N) is 3. The third-order valence-electron chi connectivity index (χ3n) is 2.14. The van der Waals surface area contributed by atoms with Crippen LogP contribution in [0.15, 0.2) is 0 Å². The van der Waals surface area contributed by atoms with Gasteiger partial charge in [-0.25, -0.2) is 0 Å². The van der Waals surface area contributed by atoms with Gasteiger partial charge in [0, 0.05) is 26.2 Å². The van der Waals surface area contributed by atoms with Gasteiger partial charge in [-0.3, -0.25) is 10.6 Å². The van der Waals surface area contributed by atoms with E-state index in [1.54, 1.807) is 0 Å². The molecule has 5 N–H and O–H groups in total. The predicted molar refractivity (Wildman–Crippen MR) is 61.5 cm³/mol. The fourth-order valence-corrected chi connectivity index (χ4v) is 1.07.